The molecule has 0 aromatic carbocycles. The van der Waals surface area contributed by atoms with Gasteiger partial charge in [-0.25, -0.2) is 0 Å². The molecule has 5 N–H and O–H groups in total. The van der Waals surface area contributed by atoms with Crippen molar-refractivity contribution < 1.29 is 24.9 Å². The fraction of sp³-hybridized carbons (Fsp3) is 0.846. The predicted molar refractivity (Wildman–Crippen MR) is 81.1 cm³/mol. The summed E-state index contributed by atoms with van der Waals surface area (Å²) in [4.78, 5) is 19.9. The molecule has 0 aromatic rings. The van der Waals surface area contributed by atoms with E-state index >= 15 is 0 Å². The van der Waals surface area contributed by atoms with Gasteiger partial charge < -0.3 is 21.1 Å². The molecule has 0 heterocycles. The van der Waals surface area contributed by atoms with Gasteiger partial charge in [-0.1, -0.05) is 39.0 Å². The van der Waals surface area contributed by atoms with Gasteiger partial charge in [0.1, 0.15) is 6.04 Å². The number of aliphatic hydroxyl groups is 1. The first-order valence-corrected chi connectivity index (χ1v) is 7.47. The first-order valence-electron chi connectivity index (χ1n) is 6.84. The monoisotopic (exact) mass is 309 g/mol. The Bertz CT molecular complexity index is 263. The summed E-state index contributed by atoms with van der Waals surface area (Å²) in [5.41, 5.74) is 4.94. The molecule has 0 bridgehead atoms. The molecule has 0 fully saturated rings. The Hall–Kier alpha value is -0.790. The van der Waals surface area contributed by atoms with Crippen LogP contribution < -0.4 is 5.73 Å². The van der Waals surface area contributed by atoms with Crippen LogP contribution in [-0.4, -0.2) is 45.2 Å². The molecule has 0 radical (unpaired) electrons. The summed E-state index contributed by atoms with van der Waals surface area (Å²) >= 11 is 3.65. The standard InChI is InChI=1S/C10H20O3.C3H7NO2S/c1-2-3-4-5-6-7-9(11)8-10(12)13;4-2(1-7)3(5)6/h9,11H,2-8H2,1H3,(H,12,13);2,7H,1,4H2,(H,5,6)/t;2-/m.0/s1. The van der Waals surface area contributed by atoms with Gasteiger partial charge in [-0.2, -0.15) is 12.6 Å². The maximum Gasteiger partial charge on any atom is 0.321 e. The number of unbranched alkanes of at least 4 members (excludes halogenated alkanes) is 4. The summed E-state index contributed by atoms with van der Waals surface area (Å²) in [6, 6.07) is -0.816. The molecule has 1 unspecified atom stereocenters. The Kier molecular flexibility index (Phi) is 15.7. The van der Waals surface area contributed by atoms with E-state index in [4.69, 9.17) is 15.9 Å². The van der Waals surface area contributed by atoms with Gasteiger partial charge in [0.2, 0.25) is 0 Å². The minimum Gasteiger partial charge on any atom is -0.481 e. The van der Waals surface area contributed by atoms with Crippen LogP contribution in [0.4, 0.5) is 0 Å². The summed E-state index contributed by atoms with van der Waals surface area (Å²) in [5.74, 6) is -1.73. The van der Waals surface area contributed by atoms with Gasteiger partial charge in [-0.3, -0.25) is 9.59 Å². The molecule has 0 saturated carbocycles. The molecule has 0 aliphatic heterocycles. The molecule has 0 aliphatic rings. The third-order valence-corrected chi connectivity index (χ3v) is 2.96. The summed E-state index contributed by atoms with van der Waals surface area (Å²) in [5, 5.41) is 25.6. The van der Waals surface area contributed by atoms with Crippen molar-refractivity contribution in [2.45, 2.75) is 64.0 Å². The molecule has 7 heteroatoms. The zero-order valence-corrected chi connectivity index (χ0v) is 12.9. The summed E-state index contributed by atoms with van der Waals surface area (Å²) in [6.07, 6.45) is 5.52. The zero-order chi connectivity index (χ0) is 16.0. The second-order valence-electron chi connectivity index (χ2n) is 4.58. The number of hydrogen-bond donors (Lipinski definition) is 5. The van der Waals surface area contributed by atoms with Crippen molar-refractivity contribution >= 4 is 24.6 Å². The molecular weight excluding hydrogens is 282 g/mol. The molecule has 0 spiro atoms. The summed E-state index contributed by atoms with van der Waals surface area (Å²) in [6.45, 7) is 2.15. The average molecular weight is 309 g/mol. The van der Waals surface area contributed by atoms with Gasteiger partial charge >= 0.3 is 11.9 Å². The van der Waals surface area contributed by atoms with Gasteiger partial charge in [-0.05, 0) is 6.42 Å². The fourth-order valence-corrected chi connectivity index (χ4v) is 1.52. The first kappa shape index (κ1) is 21.5. The van der Waals surface area contributed by atoms with Crippen molar-refractivity contribution in [3.63, 3.8) is 0 Å². The average Bonchev–Trinajstić information content (AvgIpc) is 2.37. The molecule has 120 valence electrons. The lowest BCUT2D eigenvalue weighted by molar-refractivity contribution is -0.139. The Morgan fingerprint density at radius 2 is 1.70 bits per heavy atom. The smallest absolute Gasteiger partial charge is 0.321 e. The minimum atomic E-state index is -1.00. The van der Waals surface area contributed by atoms with Crippen LogP contribution in [0.2, 0.25) is 0 Å². The molecule has 2 atom stereocenters. The molecule has 20 heavy (non-hydrogen) atoms. The highest BCUT2D eigenvalue weighted by Gasteiger charge is 2.08. The Morgan fingerprint density at radius 1 is 1.15 bits per heavy atom. The second-order valence-corrected chi connectivity index (χ2v) is 4.95. The van der Waals surface area contributed by atoms with Crippen LogP contribution in [0.5, 0.6) is 0 Å². The van der Waals surface area contributed by atoms with Crippen molar-refractivity contribution in [2.75, 3.05) is 5.75 Å². The Labute approximate surface area is 125 Å². The summed E-state index contributed by atoms with van der Waals surface area (Å²) in [7, 11) is 0. The van der Waals surface area contributed by atoms with Crippen LogP contribution in [0.3, 0.4) is 0 Å². The number of carboxylic acid groups (broad SMARTS) is 2. The van der Waals surface area contributed by atoms with E-state index in [9.17, 15) is 14.7 Å². The van der Waals surface area contributed by atoms with Gasteiger partial charge in [0.15, 0.2) is 0 Å². The number of hydrogen-bond acceptors (Lipinski definition) is 5. The van der Waals surface area contributed by atoms with E-state index < -0.39 is 24.1 Å². The van der Waals surface area contributed by atoms with Crippen molar-refractivity contribution in [3.05, 3.63) is 0 Å². The van der Waals surface area contributed by atoms with E-state index in [-0.39, 0.29) is 12.2 Å². The van der Waals surface area contributed by atoms with Crippen LogP contribution >= 0.6 is 12.6 Å². The number of thiol groups is 1. The number of carbonyl (C=O) groups is 2. The molecular formula is C13H27NO5S. The largest absolute Gasteiger partial charge is 0.481 e. The van der Waals surface area contributed by atoms with Crippen molar-refractivity contribution in [1.82, 2.24) is 0 Å². The van der Waals surface area contributed by atoms with Crippen molar-refractivity contribution in [1.29, 1.82) is 0 Å². The Morgan fingerprint density at radius 3 is 2.05 bits per heavy atom. The topological polar surface area (TPSA) is 121 Å². The summed E-state index contributed by atoms with van der Waals surface area (Å²) < 4.78 is 0. The van der Waals surface area contributed by atoms with Gasteiger partial charge in [0.05, 0.1) is 12.5 Å². The highest BCUT2D eigenvalue weighted by Crippen LogP contribution is 2.08. The Balaban J connectivity index is 0. The second kappa shape index (κ2) is 14.6. The zero-order valence-electron chi connectivity index (χ0n) is 12.0. The molecule has 0 aromatic heterocycles. The normalized spacial score (nSPS) is 13.0. The first-order chi connectivity index (χ1) is 9.34. The highest BCUT2D eigenvalue weighted by molar-refractivity contribution is 7.80. The van der Waals surface area contributed by atoms with E-state index in [0.29, 0.717) is 6.42 Å². The maximum atomic E-state index is 10.2. The van der Waals surface area contributed by atoms with Crippen LogP contribution in [0.1, 0.15) is 51.9 Å². The number of rotatable bonds is 10. The number of aliphatic carboxylic acids is 2. The highest BCUT2D eigenvalue weighted by atomic mass is 32.1. The van der Waals surface area contributed by atoms with Crippen molar-refractivity contribution in [2.24, 2.45) is 5.73 Å². The van der Waals surface area contributed by atoms with Crippen LogP contribution in [0.25, 0.3) is 0 Å². The van der Waals surface area contributed by atoms with Gasteiger partial charge in [0.25, 0.3) is 0 Å². The molecule has 0 amide bonds. The van der Waals surface area contributed by atoms with Crippen LogP contribution in [-0.2, 0) is 9.59 Å². The lowest BCUT2D eigenvalue weighted by Gasteiger charge is -2.06. The van der Waals surface area contributed by atoms with Crippen LogP contribution in [0, 0.1) is 0 Å². The fourth-order valence-electron chi connectivity index (χ4n) is 1.37. The van der Waals surface area contributed by atoms with Crippen molar-refractivity contribution in [3.8, 4) is 0 Å². The van der Waals surface area contributed by atoms with Gasteiger partial charge in [0, 0.05) is 5.75 Å². The quantitative estimate of drug-likeness (QED) is 0.308. The van der Waals surface area contributed by atoms with Crippen LogP contribution in [0.15, 0.2) is 0 Å². The third-order valence-electron chi connectivity index (χ3n) is 2.57. The van der Waals surface area contributed by atoms with E-state index in [1.54, 1.807) is 0 Å². The van der Waals surface area contributed by atoms with E-state index in [2.05, 4.69) is 19.6 Å². The molecule has 6 nitrogen and oxygen atoms in total. The number of aliphatic hydroxyl groups excluding tert-OH is 1. The third kappa shape index (κ3) is 17.2. The predicted octanol–water partition coefficient (Wildman–Crippen LogP) is 1.51. The molecule has 0 saturated heterocycles. The maximum absolute atomic E-state index is 10.2. The lowest BCUT2D eigenvalue weighted by atomic mass is 10.1. The SMILES string of the molecule is CCCCCCCC(O)CC(=O)O.N[C@@H](CS)C(=O)O. The molecule has 0 aliphatic carbocycles. The van der Waals surface area contributed by atoms with E-state index in [1.165, 1.54) is 19.3 Å². The minimum absolute atomic E-state index is 0.117. The molecule has 0 rings (SSSR count). The number of carboxylic acids is 2. The van der Waals surface area contributed by atoms with E-state index in [1.807, 2.05) is 0 Å². The van der Waals surface area contributed by atoms with E-state index in [0.717, 1.165) is 12.8 Å². The number of nitrogens with two attached hydrogens (primary N) is 1. The van der Waals surface area contributed by atoms with Gasteiger partial charge in [-0.15, -0.1) is 0 Å². The lowest BCUT2D eigenvalue weighted by Crippen LogP contribution is -2.31.